The zero-order valence-corrected chi connectivity index (χ0v) is 9.57. The van der Waals surface area contributed by atoms with Crippen LogP contribution in [0.5, 0.6) is 0 Å². The van der Waals surface area contributed by atoms with Crippen molar-refractivity contribution in [1.82, 2.24) is 5.43 Å². The van der Waals surface area contributed by atoms with Gasteiger partial charge in [-0.3, -0.25) is 15.6 Å². The van der Waals surface area contributed by atoms with Gasteiger partial charge in [0, 0.05) is 0 Å². The molecule has 0 fully saturated rings. The van der Waals surface area contributed by atoms with Crippen molar-refractivity contribution in [2.45, 2.75) is 13.3 Å². The van der Waals surface area contributed by atoms with Crippen LogP contribution in [-0.2, 0) is 6.42 Å². The second-order valence-electron chi connectivity index (χ2n) is 3.61. The Morgan fingerprint density at radius 2 is 2.00 bits per heavy atom. The number of amides is 1. The molecule has 0 radical (unpaired) electrons. The summed E-state index contributed by atoms with van der Waals surface area (Å²) >= 11 is 0. The van der Waals surface area contributed by atoms with E-state index in [2.05, 4.69) is 17.8 Å². The third-order valence-corrected chi connectivity index (χ3v) is 2.43. The lowest BCUT2D eigenvalue weighted by Crippen LogP contribution is -2.28. The van der Waals surface area contributed by atoms with Crippen LogP contribution in [0.1, 0.15) is 23.0 Å². The highest BCUT2D eigenvalue weighted by atomic mass is 16.3. The molecule has 2 rings (SSSR count). The van der Waals surface area contributed by atoms with Gasteiger partial charge < -0.3 is 4.42 Å². The molecule has 0 atom stereocenters. The number of hydrogen-bond donors (Lipinski definition) is 2. The summed E-state index contributed by atoms with van der Waals surface area (Å²) in [7, 11) is 0. The molecule has 0 aliphatic rings. The molecular weight excluding hydrogens is 216 g/mol. The summed E-state index contributed by atoms with van der Waals surface area (Å²) in [4.78, 5) is 11.5. The van der Waals surface area contributed by atoms with Gasteiger partial charge in [0.2, 0.25) is 0 Å². The molecule has 1 aromatic heterocycles. The van der Waals surface area contributed by atoms with Crippen LogP contribution in [0.4, 0.5) is 5.69 Å². The third-order valence-electron chi connectivity index (χ3n) is 2.43. The molecule has 0 saturated carbocycles. The van der Waals surface area contributed by atoms with Crippen molar-refractivity contribution in [1.29, 1.82) is 0 Å². The van der Waals surface area contributed by atoms with Gasteiger partial charge in [-0.2, -0.15) is 0 Å². The van der Waals surface area contributed by atoms with Crippen LogP contribution in [-0.4, -0.2) is 5.91 Å². The van der Waals surface area contributed by atoms with Crippen molar-refractivity contribution in [2.24, 2.45) is 0 Å². The lowest BCUT2D eigenvalue weighted by Gasteiger charge is -2.07. The molecule has 0 bridgehead atoms. The van der Waals surface area contributed by atoms with E-state index in [4.69, 9.17) is 4.42 Å². The van der Waals surface area contributed by atoms with Crippen molar-refractivity contribution in [3.63, 3.8) is 0 Å². The Bertz CT molecular complexity index is 475. The van der Waals surface area contributed by atoms with Gasteiger partial charge in [-0.05, 0) is 36.2 Å². The van der Waals surface area contributed by atoms with E-state index in [9.17, 15) is 4.79 Å². The molecule has 1 aromatic carbocycles. The van der Waals surface area contributed by atoms with Gasteiger partial charge in [0.25, 0.3) is 0 Å². The smallest absolute Gasteiger partial charge is 0.305 e. The number of carbonyl (C=O) groups excluding carboxylic acids is 1. The molecule has 0 aliphatic heterocycles. The summed E-state index contributed by atoms with van der Waals surface area (Å²) in [6.07, 6.45) is 2.46. The Hall–Kier alpha value is -2.23. The summed E-state index contributed by atoms with van der Waals surface area (Å²) in [6, 6.07) is 11.1. The highest BCUT2D eigenvalue weighted by Gasteiger charge is 2.06. The van der Waals surface area contributed by atoms with Crippen molar-refractivity contribution in [3.8, 4) is 0 Å². The van der Waals surface area contributed by atoms with Gasteiger partial charge in [-0.15, -0.1) is 0 Å². The second-order valence-corrected chi connectivity index (χ2v) is 3.61. The van der Waals surface area contributed by atoms with Crippen LogP contribution in [0.25, 0.3) is 0 Å². The van der Waals surface area contributed by atoms with Gasteiger partial charge in [-0.1, -0.05) is 19.1 Å². The van der Waals surface area contributed by atoms with Crippen LogP contribution < -0.4 is 10.9 Å². The summed E-state index contributed by atoms with van der Waals surface area (Å²) in [6.45, 7) is 2.10. The average molecular weight is 230 g/mol. The van der Waals surface area contributed by atoms with Crippen molar-refractivity contribution < 1.29 is 9.21 Å². The number of carbonyl (C=O) groups is 1. The number of hydrogen-bond acceptors (Lipinski definition) is 3. The molecule has 0 saturated heterocycles. The van der Waals surface area contributed by atoms with Crippen molar-refractivity contribution >= 4 is 11.6 Å². The normalized spacial score (nSPS) is 9.94. The monoisotopic (exact) mass is 230 g/mol. The summed E-state index contributed by atoms with van der Waals surface area (Å²) in [5.41, 5.74) is 7.47. The van der Waals surface area contributed by atoms with Crippen LogP contribution in [0.2, 0.25) is 0 Å². The molecule has 0 aliphatic carbocycles. The number of rotatable bonds is 4. The summed E-state index contributed by atoms with van der Waals surface area (Å²) in [5, 5.41) is 0. The Morgan fingerprint density at radius 3 is 2.59 bits per heavy atom. The quantitative estimate of drug-likeness (QED) is 0.794. The van der Waals surface area contributed by atoms with Crippen LogP contribution in [0.15, 0.2) is 47.1 Å². The van der Waals surface area contributed by atoms with E-state index >= 15 is 0 Å². The van der Waals surface area contributed by atoms with Crippen LogP contribution >= 0.6 is 0 Å². The molecule has 17 heavy (non-hydrogen) atoms. The van der Waals surface area contributed by atoms with E-state index in [1.165, 1.54) is 11.8 Å². The van der Waals surface area contributed by atoms with E-state index in [1.807, 2.05) is 24.3 Å². The molecule has 4 nitrogen and oxygen atoms in total. The molecule has 4 heteroatoms. The number of aryl methyl sites for hydroxylation is 1. The Labute approximate surface area is 99.6 Å². The van der Waals surface area contributed by atoms with Gasteiger partial charge >= 0.3 is 5.91 Å². The first-order valence-corrected chi connectivity index (χ1v) is 5.48. The van der Waals surface area contributed by atoms with Gasteiger partial charge in [-0.25, -0.2) is 0 Å². The average Bonchev–Trinajstić information content (AvgIpc) is 2.90. The maximum atomic E-state index is 11.5. The lowest BCUT2D eigenvalue weighted by molar-refractivity contribution is 0.0935. The summed E-state index contributed by atoms with van der Waals surface area (Å²) in [5.74, 6) is -0.0164. The number of nitrogens with one attached hydrogen (secondary N) is 2. The Kier molecular flexibility index (Phi) is 3.45. The van der Waals surface area contributed by atoms with E-state index in [0.717, 1.165) is 12.1 Å². The molecule has 0 spiro atoms. The zero-order chi connectivity index (χ0) is 12.1. The minimum atomic E-state index is -0.297. The molecule has 2 N–H and O–H groups in total. The molecule has 0 unspecified atom stereocenters. The number of benzene rings is 1. The molecule has 88 valence electrons. The topological polar surface area (TPSA) is 54.3 Å². The molecular formula is C13H14N2O2. The fraction of sp³-hybridized carbons (Fsp3) is 0.154. The van der Waals surface area contributed by atoms with Gasteiger partial charge in [0.05, 0.1) is 12.0 Å². The first-order chi connectivity index (χ1) is 8.29. The van der Waals surface area contributed by atoms with E-state index < -0.39 is 0 Å². The fourth-order valence-corrected chi connectivity index (χ4v) is 1.42. The molecule has 1 heterocycles. The number of hydrazine groups is 1. The summed E-state index contributed by atoms with van der Waals surface area (Å²) < 4.78 is 4.97. The SMILES string of the molecule is CCc1ccc(NNC(=O)c2ccco2)cc1. The predicted octanol–water partition coefficient (Wildman–Crippen LogP) is 2.60. The number of furan rings is 1. The van der Waals surface area contributed by atoms with Crippen molar-refractivity contribution in [2.75, 3.05) is 5.43 Å². The van der Waals surface area contributed by atoms with Crippen molar-refractivity contribution in [3.05, 3.63) is 54.0 Å². The van der Waals surface area contributed by atoms with Gasteiger partial charge in [0.1, 0.15) is 0 Å². The first-order valence-electron chi connectivity index (χ1n) is 5.48. The highest BCUT2D eigenvalue weighted by molar-refractivity contribution is 5.92. The largest absolute Gasteiger partial charge is 0.459 e. The first kappa shape index (κ1) is 11.3. The standard InChI is InChI=1S/C13H14N2O2/c1-2-10-5-7-11(8-6-10)14-15-13(16)12-4-3-9-17-12/h3-9,14H,2H2,1H3,(H,15,16). The van der Waals surface area contributed by atoms with Crippen LogP contribution in [0, 0.1) is 0 Å². The van der Waals surface area contributed by atoms with Gasteiger partial charge in [0.15, 0.2) is 5.76 Å². The predicted molar refractivity (Wildman–Crippen MR) is 65.6 cm³/mol. The third kappa shape index (κ3) is 2.87. The minimum absolute atomic E-state index is 0.280. The Morgan fingerprint density at radius 1 is 1.24 bits per heavy atom. The zero-order valence-electron chi connectivity index (χ0n) is 9.57. The second kappa shape index (κ2) is 5.21. The molecule has 2 aromatic rings. The number of anilines is 1. The maximum absolute atomic E-state index is 11.5. The Balaban J connectivity index is 1.91. The van der Waals surface area contributed by atoms with E-state index in [0.29, 0.717) is 0 Å². The molecule has 1 amide bonds. The fourth-order valence-electron chi connectivity index (χ4n) is 1.42. The van der Waals surface area contributed by atoms with E-state index in [1.54, 1.807) is 12.1 Å². The van der Waals surface area contributed by atoms with Crippen LogP contribution in [0.3, 0.4) is 0 Å². The lowest BCUT2D eigenvalue weighted by atomic mass is 10.2. The minimum Gasteiger partial charge on any atom is -0.459 e. The maximum Gasteiger partial charge on any atom is 0.305 e. The van der Waals surface area contributed by atoms with E-state index in [-0.39, 0.29) is 11.7 Å². The highest BCUT2D eigenvalue weighted by Crippen LogP contribution is 2.09.